The average molecular weight is 350 g/mol. The number of carbonyl (C=O) groups excluding carboxylic acids is 1. The predicted molar refractivity (Wildman–Crippen MR) is 95.0 cm³/mol. The van der Waals surface area contributed by atoms with Gasteiger partial charge in [0.05, 0.1) is 18.3 Å². The van der Waals surface area contributed by atoms with Gasteiger partial charge in [-0.1, -0.05) is 0 Å². The van der Waals surface area contributed by atoms with Gasteiger partial charge in [-0.05, 0) is 32.9 Å². The van der Waals surface area contributed by atoms with Crippen molar-refractivity contribution in [3.63, 3.8) is 0 Å². The molecule has 1 aromatic rings. The number of rotatable bonds is 5. The molecule has 1 aliphatic heterocycles. The quantitative estimate of drug-likeness (QED) is 0.839. The first-order valence-corrected chi connectivity index (χ1v) is 8.39. The lowest BCUT2D eigenvalue weighted by atomic mass is 10.2. The van der Waals surface area contributed by atoms with E-state index in [1.807, 2.05) is 32.9 Å². The first kappa shape index (κ1) is 18.8. The molecule has 0 saturated carbocycles. The molecule has 2 N–H and O–H groups in total. The number of hydrogen-bond acceptors (Lipinski definition) is 6. The number of nitrogens with one attached hydrogen (secondary N) is 1. The minimum atomic E-state index is -0.841. The average Bonchev–Trinajstić information content (AvgIpc) is 2.54. The number of hydrogen-bond donors (Lipinski definition) is 2. The Morgan fingerprint density at radius 2 is 1.92 bits per heavy atom. The van der Waals surface area contributed by atoms with E-state index >= 15 is 0 Å². The molecule has 0 atom stereocenters. The van der Waals surface area contributed by atoms with Crippen LogP contribution in [0.5, 0.6) is 0 Å². The van der Waals surface area contributed by atoms with Crippen LogP contribution in [0.4, 0.5) is 16.3 Å². The summed E-state index contributed by atoms with van der Waals surface area (Å²) in [6, 6.07) is 3.77. The number of amides is 1. The van der Waals surface area contributed by atoms with E-state index in [0.717, 1.165) is 5.69 Å². The first-order chi connectivity index (χ1) is 11.7. The Morgan fingerprint density at radius 1 is 1.24 bits per heavy atom. The third kappa shape index (κ3) is 6.13. The van der Waals surface area contributed by atoms with E-state index < -0.39 is 11.6 Å². The van der Waals surface area contributed by atoms with Gasteiger partial charge in [0.25, 0.3) is 0 Å². The molecule has 25 heavy (non-hydrogen) atoms. The van der Waals surface area contributed by atoms with E-state index in [-0.39, 0.29) is 12.5 Å². The summed E-state index contributed by atoms with van der Waals surface area (Å²) in [6.45, 7) is 8.56. The maximum atomic E-state index is 12.1. The van der Waals surface area contributed by atoms with Crippen molar-refractivity contribution in [1.82, 2.24) is 9.88 Å². The molecule has 0 aliphatic carbocycles. The Bertz CT molecular complexity index is 590. The zero-order valence-electron chi connectivity index (χ0n) is 15.0. The number of anilines is 2. The molecule has 138 valence electrons. The summed E-state index contributed by atoms with van der Waals surface area (Å²) in [5, 5.41) is 11.6. The molecule has 8 nitrogen and oxygen atoms in total. The molecule has 2 rings (SSSR count). The largest absolute Gasteiger partial charge is 0.481 e. The molecule has 0 radical (unpaired) electrons. The maximum absolute atomic E-state index is 12.1. The van der Waals surface area contributed by atoms with Crippen LogP contribution in [0.25, 0.3) is 0 Å². The summed E-state index contributed by atoms with van der Waals surface area (Å²) in [5.41, 5.74) is 0.495. The molecule has 1 aromatic heterocycles. The molecule has 1 amide bonds. The molecule has 0 aromatic carbocycles. The number of aliphatic carboxylic acids is 1. The van der Waals surface area contributed by atoms with Gasteiger partial charge in [0, 0.05) is 32.7 Å². The van der Waals surface area contributed by atoms with Crippen molar-refractivity contribution in [2.45, 2.75) is 32.8 Å². The van der Waals surface area contributed by atoms with Gasteiger partial charge in [0.15, 0.2) is 0 Å². The van der Waals surface area contributed by atoms with Gasteiger partial charge in [0.1, 0.15) is 11.4 Å². The molecule has 8 heteroatoms. The van der Waals surface area contributed by atoms with Crippen molar-refractivity contribution in [1.29, 1.82) is 0 Å². The van der Waals surface area contributed by atoms with E-state index in [1.165, 1.54) is 0 Å². The number of piperazine rings is 1. The summed E-state index contributed by atoms with van der Waals surface area (Å²) in [4.78, 5) is 30.8. The van der Waals surface area contributed by atoms with Crippen molar-refractivity contribution in [3.05, 3.63) is 18.3 Å². The van der Waals surface area contributed by atoms with Gasteiger partial charge in [0.2, 0.25) is 0 Å². The lowest BCUT2D eigenvalue weighted by molar-refractivity contribution is -0.136. The van der Waals surface area contributed by atoms with Crippen molar-refractivity contribution in [2.75, 3.05) is 42.9 Å². The van der Waals surface area contributed by atoms with Crippen molar-refractivity contribution in [3.8, 4) is 0 Å². The third-order valence-corrected chi connectivity index (χ3v) is 3.69. The highest BCUT2D eigenvalue weighted by molar-refractivity contribution is 5.69. The zero-order chi connectivity index (χ0) is 18.4. The van der Waals surface area contributed by atoms with E-state index in [1.54, 1.807) is 11.1 Å². The fourth-order valence-electron chi connectivity index (χ4n) is 2.45. The highest BCUT2D eigenvalue weighted by Gasteiger charge is 2.25. The van der Waals surface area contributed by atoms with Crippen molar-refractivity contribution in [2.24, 2.45) is 0 Å². The summed E-state index contributed by atoms with van der Waals surface area (Å²) in [7, 11) is 0. The molecule has 1 saturated heterocycles. The highest BCUT2D eigenvalue weighted by Crippen LogP contribution is 2.18. The number of ether oxygens (including phenoxy) is 1. The minimum absolute atomic E-state index is 0.0516. The second-order valence-corrected chi connectivity index (χ2v) is 6.93. The topological polar surface area (TPSA) is 95.0 Å². The fourth-order valence-corrected chi connectivity index (χ4v) is 2.45. The van der Waals surface area contributed by atoms with Gasteiger partial charge >= 0.3 is 12.1 Å². The summed E-state index contributed by atoms with van der Waals surface area (Å²) in [6.07, 6.45) is 1.53. The molecular formula is C17H26N4O4. The maximum Gasteiger partial charge on any atom is 0.410 e. The molecule has 2 heterocycles. The Labute approximate surface area is 147 Å². The van der Waals surface area contributed by atoms with Gasteiger partial charge in [-0.3, -0.25) is 4.79 Å². The monoisotopic (exact) mass is 350 g/mol. The normalized spacial score (nSPS) is 15.0. The van der Waals surface area contributed by atoms with Crippen LogP contribution in [0.2, 0.25) is 0 Å². The first-order valence-electron chi connectivity index (χ1n) is 8.39. The van der Waals surface area contributed by atoms with E-state index in [2.05, 4.69) is 15.2 Å². The van der Waals surface area contributed by atoms with Crippen LogP contribution in [0.1, 0.15) is 27.2 Å². The molecule has 0 spiro atoms. The van der Waals surface area contributed by atoms with Gasteiger partial charge < -0.3 is 25.0 Å². The SMILES string of the molecule is CC(C)(C)OC(=O)N1CCN(c2ccc(NCCC(=O)O)nc2)CC1. The van der Waals surface area contributed by atoms with Crippen LogP contribution in [-0.4, -0.2) is 65.4 Å². The number of carboxylic acid groups (broad SMARTS) is 1. The molecule has 0 bridgehead atoms. The number of carbonyl (C=O) groups is 2. The Balaban J connectivity index is 1.82. The van der Waals surface area contributed by atoms with Crippen LogP contribution in [0, 0.1) is 0 Å². The van der Waals surface area contributed by atoms with Crippen molar-refractivity contribution >= 4 is 23.6 Å². The minimum Gasteiger partial charge on any atom is -0.481 e. The summed E-state index contributed by atoms with van der Waals surface area (Å²) in [5.74, 6) is -0.190. The second kappa shape index (κ2) is 8.04. The third-order valence-electron chi connectivity index (χ3n) is 3.69. The van der Waals surface area contributed by atoms with Crippen LogP contribution >= 0.6 is 0 Å². The lowest BCUT2D eigenvalue weighted by Gasteiger charge is -2.36. The van der Waals surface area contributed by atoms with Crippen molar-refractivity contribution < 1.29 is 19.4 Å². The zero-order valence-corrected chi connectivity index (χ0v) is 15.0. The van der Waals surface area contributed by atoms with Crippen LogP contribution in [0.15, 0.2) is 18.3 Å². The standard InChI is InChI=1S/C17H26N4O4/c1-17(2,3)25-16(24)21-10-8-20(9-11-21)13-4-5-14(19-12-13)18-7-6-15(22)23/h4-5,12H,6-11H2,1-3H3,(H,18,19)(H,22,23). The van der Waals surface area contributed by atoms with Gasteiger partial charge in [-0.15, -0.1) is 0 Å². The number of carboxylic acids is 1. The van der Waals surface area contributed by atoms with Gasteiger partial charge in [-0.2, -0.15) is 0 Å². The highest BCUT2D eigenvalue weighted by atomic mass is 16.6. The second-order valence-electron chi connectivity index (χ2n) is 6.93. The predicted octanol–water partition coefficient (Wildman–Crippen LogP) is 2.03. The van der Waals surface area contributed by atoms with E-state index in [0.29, 0.717) is 38.5 Å². The Morgan fingerprint density at radius 3 is 2.44 bits per heavy atom. The molecular weight excluding hydrogens is 324 g/mol. The molecule has 1 aliphatic rings. The lowest BCUT2D eigenvalue weighted by Crippen LogP contribution is -2.50. The van der Waals surface area contributed by atoms with E-state index in [9.17, 15) is 9.59 Å². The van der Waals surface area contributed by atoms with E-state index in [4.69, 9.17) is 9.84 Å². The van der Waals surface area contributed by atoms with Gasteiger partial charge in [-0.25, -0.2) is 9.78 Å². The van der Waals surface area contributed by atoms with Crippen LogP contribution in [-0.2, 0) is 9.53 Å². The van der Waals surface area contributed by atoms with Crippen LogP contribution < -0.4 is 10.2 Å². The number of pyridine rings is 1. The number of nitrogens with zero attached hydrogens (tertiary/aromatic N) is 3. The summed E-state index contributed by atoms with van der Waals surface area (Å²) < 4.78 is 5.39. The Hall–Kier alpha value is -2.51. The fraction of sp³-hybridized carbons (Fsp3) is 0.588. The Kier molecular flexibility index (Phi) is 6.06. The molecule has 1 fully saturated rings. The summed E-state index contributed by atoms with van der Waals surface area (Å²) >= 11 is 0. The number of aromatic nitrogens is 1. The van der Waals surface area contributed by atoms with Crippen LogP contribution in [0.3, 0.4) is 0 Å². The molecule has 0 unspecified atom stereocenters. The smallest absolute Gasteiger partial charge is 0.410 e.